The molecule has 2 unspecified atom stereocenters. The van der Waals surface area contributed by atoms with Crippen LogP contribution < -0.4 is 4.72 Å². The van der Waals surface area contributed by atoms with Crippen LogP contribution in [0.15, 0.2) is 43.0 Å². The van der Waals surface area contributed by atoms with E-state index in [2.05, 4.69) is 11.3 Å². The first-order valence-electron chi connectivity index (χ1n) is 10.5. The van der Waals surface area contributed by atoms with Gasteiger partial charge < -0.3 is 19.4 Å². The highest BCUT2D eigenvalue weighted by Crippen LogP contribution is 2.45. The van der Waals surface area contributed by atoms with Crippen molar-refractivity contribution in [2.24, 2.45) is 0 Å². The number of esters is 1. The predicted molar refractivity (Wildman–Crippen MR) is 125 cm³/mol. The molecule has 2 aromatic carbocycles. The van der Waals surface area contributed by atoms with Gasteiger partial charge in [-0.15, -0.1) is 0 Å². The van der Waals surface area contributed by atoms with Crippen LogP contribution in [0.5, 0.6) is 0 Å². The van der Waals surface area contributed by atoms with Crippen molar-refractivity contribution in [1.82, 2.24) is 4.72 Å². The first-order chi connectivity index (χ1) is 15.2. The number of carbonyl (C=O) groups excluding carboxylic acids is 1. The van der Waals surface area contributed by atoms with E-state index in [1.54, 1.807) is 24.3 Å². The van der Waals surface area contributed by atoms with Crippen LogP contribution in [0.25, 0.3) is 16.8 Å². The lowest BCUT2D eigenvalue weighted by molar-refractivity contribution is -0.149. The Morgan fingerprint density at radius 2 is 2.00 bits per heavy atom. The minimum atomic E-state index is -2.46. The Balaban J connectivity index is 1.68. The molecule has 2 N–H and O–H groups in total. The summed E-state index contributed by atoms with van der Waals surface area (Å²) < 4.78 is 29.9. The predicted octanol–water partition coefficient (Wildman–Crippen LogP) is 5.03. The van der Waals surface area contributed by atoms with Gasteiger partial charge in [-0.25, -0.2) is 0 Å². The van der Waals surface area contributed by atoms with Gasteiger partial charge in [0.15, 0.2) is 5.60 Å². The van der Waals surface area contributed by atoms with E-state index in [4.69, 9.17) is 21.7 Å². The van der Waals surface area contributed by atoms with Crippen LogP contribution in [0.1, 0.15) is 54.7 Å². The van der Waals surface area contributed by atoms with Gasteiger partial charge in [0.2, 0.25) is 0 Å². The normalized spacial score (nSPS) is 20.8. The number of carbonyl (C=O) groups is 1. The molecule has 2 fully saturated rings. The SMILES string of the molecule is C=C(NS(=O)[O-])c1cccc(-c2cc(C)c(C3C(=N)C4(CCCCC4)OC3=O)cc2Cl)c1. The number of hydrogen-bond acceptors (Lipinski definition) is 5. The van der Waals surface area contributed by atoms with Gasteiger partial charge in [-0.2, -0.15) is 0 Å². The highest BCUT2D eigenvalue weighted by Gasteiger charge is 2.53. The summed E-state index contributed by atoms with van der Waals surface area (Å²) in [7, 11) is 0. The Morgan fingerprint density at radius 3 is 2.69 bits per heavy atom. The van der Waals surface area contributed by atoms with Crippen molar-refractivity contribution in [3.63, 3.8) is 0 Å². The second-order valence-corrected chi connectivity index (χ2v) is 9.49. The molecule has 4 rings (SSSR count). The average Bonchev–Trinajstić information content (AvgIpc) is 2.98. The standard InChI is InChI=1S/C24H25ClN2O4S/c1-14-11-19(17-8-6-7-16(12-17)15(2)27-32(29)30)20(25)13-18(14)21-22(26)24(31-23(21)28)9-4-3-5-10-24/h6-8,11-13,21,26-27H,2-5,9-10H2,1H3,(H,29,30)/p-1. The molecule has 2 aromatic rings. The third-order valence-corrected chi connectivity index (χ3v) is 7.09. The number of ether oxygens (including phenoxy) is 1. The van der Waals surface area contributed by atoms with Gasteiger partial charge in [-0.05, 0) is 73.1 Å². The zero-order valence-corrected chi connectivity index (χ0v) is 19.3. The van der Waals surface area contributed by atoms with Crippen LogP contribution in [-0.2, 0) is 20.8 Å². The lowest BCUT2D eigenvalue weighted by Crippen LogP contribution is -2.38. The van der Waals surface area contributed by atoms with Gasteiger partial charge >= 0.3 is 5.97 Å². The van der Waals surface area contributed by atoms with Crippen LogP contribution in [0.4, 0.5) is 0 Å². The van der Waals surface area contributed by atoms with Gasteiger partial charge in [0.25, 0.3) is 0 Å². The molecule has 168 valence electrons. The second-order valence-electron chi connectivity index (χ2n) is 8.41. The van der Waals surface area contributed by atoms with E-state index in [0.717, 1.165) is 36.0 Å². The summed E-state index contributed by atoms with van der Waals surface area (Å²) in [4.78, 5) is 12.8. The third-order valence-electron chi connectivity index (χ3n) is 6.37. The molecule has 8 heteroatoms. The van der Waals surface area contributed by atoms with E-state index in [-0.39, 0.29) is 11.7 Å². The average molecular weight is 472 g/mol. The van der Waals surface area contributed by atoms with Crippen LogP contribution >= 0.6 is 11.6 Å². The third kappa shape index (κ3) is 4.12. The molecular weight excluding hydrogens is 448 g/mol. The van der Waals surface area contributed by atoms with Crippen molar-refractivity contribution in [3.05, 3.63) is 64.7 Å². The van der Waals surface area contributed by atoms with Crippen LogP contribution in [0.2, 0.25) is 5.02 Å². The largest absolute Gasteiger partial charge is 0.755 e. The van der Waals surface area contributed by atoms with Crippen molar-refractivity contribution in [1.29, 1.82) is 5.41 Å². The highest BCUT2D eigenvalue weighted by molar-refractivity contribution is 7.77. The summed E-state index contributed by atoms with van der Waals surface area (Å²) >= 11 is 4.18. The smallest absolute Gasteiger partial charge is 0.320 e. The van der Waals surface area contributed by atoms with Crippen molar-refractivity contribution in [2.45, 2.75) is 50.5 Å². The van der Waals surface area contributed by atoms with Gasteiger partial charge in [-0.3, -0.25) is 9.00 Å². The van der Waals surface area contributed by atoms with Gasteiger partial charge in [0.05, 0.1) is 5.71 Å². The van der Waals surface area contributed by atoms with E-state index >= 15 is 0 Å². The molecule has 0 aromatic heterocycles. The molecule has 1 aliphatic carbocycles. The van der Waals surface area contributed by atoms with Crippen LogP contribution in [-0.4, -0.2) is 26.0 Å². The van der Waals surface area contributed by atoms with Gasteiger partial charge in [0, 0.05) is 27.5 Å². The molecule has 6 nitrogen and oxygen atoms in total. The molecule has 0 amide bonds. The Kier molecular flexibility index (Phi) is 6.25. The van der Waals surface area contributed by atoms with Crippen molar-refractivity contribution < 1.29 is 18.3 Å². The first kappa shape index (κ1) is 22.7. The van der Waals surface area contributed by atoms with Crippen molar-refractivity contribution in [3.8, 4) is 11.1 Å². The number of aryl methyl sites for hydroxylation is 1. The molecule has 1 spiro atoms. The maximum Gasteiger partial charge on any atom is 0.320 e. The van der Waals surface area contributed by atoms with Crippen LogP contribution in [0, 0.1) is 12.3 Å². The van der Waals surface area contributed by atoms with E-state index in [0.29, 0.717) is 34.7 Å². The fourth-order valence-corrected chi connectivity index (χ4v) is 5.33. The summed E-state index contributed by atoms with van der Waals surface area (Å²) in [5.74, 6) is -1.11. The molecule has 1 saturated heterocycles. The summed E-state index contributed by atoms with van der Waals surface area (Å²) in [5.41, 5.74) is 3.51. The van der Waals surface area contributed by atoms with E-state index in [1.807, 2.05) is 19.1 Å². The molecular formula is C24H24ClN2O4S-. The van der Waals surface area contributed by atoms with Gasteiger partial charge in [0.1, 0.15) is 5.92 Å². The summed E-state index contributed by atoms with van der Waals surface area (Å²) in [6, 6.07) is 10.9. The molecule has 1 saturated carbocycles. The minimum Gasteiger partial charge on any atom is -0.755 e. The van der Waals surface area contributed by atoms with E-state index < -0.39 is 22.8 Å². The highest BCUT2D eigenvalue weighted by atomic mass is 35.5. The molecule has 2 aliphatic rings. The molecule has 1 heterocycles. The first-order valence-corrected chi connectivity index (χ1v) is 11.9. The maximum absolute atomic E-state index is 12.8. The molecule has 1 aliphatic heterocycles. The van der Waals surface area contributed by atoms with Crippen molar-refractivity contribution in [2.75, 3.05) is 0 Å². The summed E-state index contributed by atoms with van der Waals surface area (Å²) in [6.45, 7) is 5.65. The quantitative estimate of drug-likeness (QED) is 0.471. The lowest BCUT2D eigenvalue weighted by atomic mass is 9.77. The second kappa shape index (κ2) is 8.81. The summed E-state index contributed by atoms with van der Waals surface area (Å²) in [6.07, 6.45) is 4.42. The van der Waals surface area contributed by atoms with E-state index in [1.165, 1.54) is 0 Å². The minimum absolute atomic E-state index is 0.254. The Hall–Kier alpha value is -2.48. The Labute approximate surface area is 194 Å². The summed E-state index contributed by atoms with van der Waals surface area (Å²) in [5, 5.41) is 9.22. The lowest BCUT2D eigenvalue weighted by Gasteiger charge is -2.31. The van der Waals surface area contributed by atoms with Crippen LogP contribution in [0.3, 0.4) is 0 Å². The fourth-order valence-electron chi connectivity index (χ4n) is 4.73. The topological polar surface area (TPSA) is 102 Å². The Bertz CT molecular complexity index is 1140. The van der Waals surface area contributed by atoms with Crippen molar-refractivity contribution >= 4 is 40.2 Å². The molecule has 32 heavy (non-hydrogen) atoms. The number of halogens is 1. The zero-order chi connectivity index (χ0) is 23.0. The zero-order valence-electron chi connectivity index (χ0n) is 17.7. The molecule has 0 radical (unpaired) electrons. The molecule has 0 bridgehead atoms. The number of hydrogen-bond donors (Lipinski definition) is 2. The van der Waals surface area contributed by atoms with Gasteiger partial charge in [-0.1, -0.05) is 42.8 Å². The molecule has 2 atom stereocenters. The monoisotopic (exact) mass is 471 g/mol. The Morgan fingerprint density at radius 1 is 1.28 bits per heavy atom. The fraction of sp³-hybridized carbons (Fsp3) is 0.333. The number of rotatable bonds is 5. The van der Waals surface area contributed by atoms with E-state index in [9.17, 15) is 13.6 Å². The maximum atomic E-state index is 12.8. The number of nitrogens with one attached hydrogen (secondary N) is 2. The number of benzene rings is 2.